The van der Waals surface area contributed by atoms with Crippen molar-refractivity contribution in [3.8, 4) is 0 Å². The highest BCUT2D eigenvalue weighted by molar-refractivity contribution is 5.98. The predicted octanol–water partition coefficient (Wildman–Crippen LogP) is 1.09. The van der Waals surface area contributed by atoms with Crippen LogP contribution in [-0.4, -0.2) is 29.2 Å². The third kappa shape index (κ3) is 5.13. The number of carbonyl (C=O) groups is 3. The highest BCUT2D eigenvalue weighted by atomic mass is 16.6. The number of nitro groups is 1. The lowest BCUT2D eigenvalue weighted by Crippen LogP contribution is -2.46. The Morgan fingerprint density at radius 1 is 0.962 bits per heavy atom. The van der Waals surface area contributed by atoms with E-state index >= 15 is 0 Å². The van der Waals surface area contributed by atoms with Crippen molar-refractivity contribution in [3.63, 3.8) is 0 Å². The van der Waals surface area contributed by atoms with Crippen LogP contribution in [0, 0.1) is 17.0 Å². The lowest BCUT2D eigenvalue weighted by molar-refractivity contribution is -0.384. The van der Waals surface area contributed by atoms with E-state index in [1.165, 1.54) is 18.2 Å². The molecule has 0 radical (unpaired) electrons. The molecule has 0 saturated heterocycles. The zero-order valence-corrected chi connectivity index (χ0v) is 13.8. The molecule has 0 unspecified atom stereocenters. The van der Waals surface area contributed by atoms with Crippen LogP contribution in [0.15, 0.2) is 48.5 Å². The molecule has 0 heterocycles. The maximum absolute atomic E-state index is 11.9. The summed E-state index contributed by atoms with van der Waals surface area (Å²) in [5.74, 6) is -1.79. The second kappa shape index (κ2) is 8.38. The van der Waals surface area contributed by atoms with E-state index in [-0.39, 0.29) is 11.3 Å². The van der Waals surface area contributed by atoms with Gasteiger partial charge >= 0.3 is 0 Å². The molecule has 0 aromatic heterocycles. The minimum atomic E-state index is -0.649. The van der Waals surface area contributed by atoms with Gasteiger partial charge in [0.2, 0.25) is 0 Å². The van der Waals surface area contributed by atoms with Crippen LogP contribution in [0.1, 0.15) is 26.3 Å². The van der Waals surface area contributed by atoms with Crippen LogP contribution in [0.2, 0.25) is 0 Å². The van der Waals surface area contributed by atoms with Gasteiger partial charge in [0, 0.05) is 23.3 Å². The fourth-order valence-electron chi connectivity index (χ4n) is 1.97. The number of benzene rings is 2. The summed E-state index contributed by atoms with van der Waals surface area (Å²) in [7, 11) is 0. The van der Waals surface area contributed by atoms with Gasteiger partial charge in [-0.3, -0.25) is 35.3 Å². The molecule has 9 heteroatoms. The first kappa shape index (κ1) is 18.6. The molecule has 3 N–H and O–H groups in total. The fraction of sp³-hybridized carbons (Fsp3) is 0.118. The maximum atomic E-state index is 11.9. The van der Waals surface area contributed by atoms with E-state index in [0.717, 1.165) is 11.6 Å². The maximum Gasteiger partial charge on any atom is 0.270 e. The summed E-state index contributed by atoms with van der Waals surface area (Å²) in [6, 6.07) is 11.9. The Hall–Kier alpha value is -3.75. The number of non-ortho nitro benzene ring substituents is 1. The third-order valence-corrected chi connectivity index (χ3v) is 3.36. The van der Waals surface area contributed by atoms with Gasteiger partial charge in [-0.1, -0.05) is 23.8 Å². The number of nitro benzene ring substituents is 1. The molecule has 134 valence electrons. The SMILES string of the molecule is Cc1ccc(C(=O)NNC(=O)CNC(=O)c2cccc([N+](=O)[O-])c2)cc1. The molecule has 0 aliphatic rings. The molecule has 2 aromatic carbocycles. The molecule has 0 fully saturated rings. The van der Waals surface area contributed by atoms with Gasteiger partial charge in [-0.15, -0.1) is 0 Å². The largest absolute Gasteiger partial charge is 0.343 e. The standard InChI is InChI=1S/C17H16N4O5/c1-11-5-7-12(8-6-11)17(24)20-19-15(22)10-18-16(23)13-3-2-4-14(9-13)21(25)26/h2-9H,10H2,1H3,(H,18,23)(H,19,22)(H,20,24). The molecular weight excluding hydrogens is 340 g/mol. The predicted molar refractivity (Wildman–Crippen MR) is 92.2 cm³/mol. The van der Waals surface area contributed by atoms with Gasteiger partial charge in [-0.2, -0.15) is 0 Å². The molecule has 2 aromatic rings. The number of hydrazine groups is 1. The summed E-state index contributed by atoms with van der Waals surface area (Å²) in [6.45, 7) is 1.48. The van der Waals surface area contributed by atoms with Gasteiger partial charge in [0.25, 0.3) is 23.4 Å². The zero-order valence-electron chi connectivity index (χ0n) is 13.8. The van der Waals surface area contributed by atoms with Crippen LogP contribution in [-0.2, 0) is 4.79 Å². The van der Waals surface area contributed by atoms with E-state index in [9.17, 15) is 24.5 Å². The number of carbonyl (C=O) groups excluding carboxylic acids is 3. The molecule has 0 aliphatic heterocycles. The Bertz CT molecular complexity index is 848. The Morgan fingerprint density at radius 3 is 2.31 bits per heavy atom. The first-order chi connectivity index (χ1) is 12.4. The van der Waals surface area contributed by atoms with Gasteiger partial charge in [0.15, 0.2) is 0 Å². The van der Waals surface area contributed by atoms with E-state index in [1.807, 2.05) is 6.92 Å². The number of hydrogen-bond acceptors (Lipinski definition) is 5. The van der Waals surface area contributed by atoms with Crippen molar-refractivity contribution >= 4 is 23.4 Å². The first-order valence-electron chi connectivity index (χ1n) is 7.55. The van der Waals surface area contributed by atoms with E-state index in [4.69, 9.17) is 0 Å². The van der Waals surface area contributed by atoms with Crippen LogP contribution in [0.3, 0.4) is 0 Å². The highest BCUT2D eigenvalue weighted by Gasteiger charge is 2.13. The minimum Gasteiger partial charge on any atom is -0.343 e. The summed E-state index contributed by atoms with van der Waals surface area (Å²) in [6.07, 6.45) is 0. The smallest absolute Gasteiger partial charge is 0.270 e. The van der Waals surface area contributed by atoms with Crippen molar-refractivity contribution in [1.82, 2.24) is 16.2 Å². The molecule has 3 amide bonds. The lowest BCUT2D eigenvalue weighted by Gasteiger charge is -2.08. The van der Waals surface area contributed by atoms with E-state index in [1.54, 1.807) is 24.3 Å². The Morgan fingerprint density at radius 2 is 1.65 bits per heavy atom. The molecule has 26 heavy (non-hydrogen) atoms. The number of nitrogens with one attached hydrogen (secondary N) is 3. The average Bonchev–Trinajstić information content (AvgIpc) is 2.64. The topological polar surface area (TPSA) is 130 Å². The van der Waals surface area contributed by atoms with Gasteiger partial charge in [-0.25, -0.2) is 0 Å². The molecule has 0 bridgehead atoms. The van der Waals surface area contributed by atoms with Gasteiger partial charge in [0.1, 0.15) is 0 Å². The minimum absolute atomic E-state index is 0.0516. The summed E-state index contributed by atoms with van der Waals surface area (Å²) in [4.78, 5) is 45.5. The summed E-state index contributed by atoms with van der Waals surface area (Å²) < 4.78 is 0. The monoisotopic (exact) mass is 356 g/mol. The van der Waals surface area contributed by atoms with Crippen LogP contribution in [0.25, 0.3) is 0 Å². The van der Waals surface area contributed by atoms with Crippen molar-refractivity contribution in [2.45, 2.75) is 6.92 Å². The molecular formula is C17H16N4O5. The first-order valence-corrected chi connectivity index (χ1v) is 7.55. The number of rotatable bonds is 5. The third-order valence-electron chi connectivity index (χ3n) is 3.36. The lowest BCUT2D eigenvalue weighted by atomic mass is 10.1. The Balaban J connectivity index is 1.82. The van der Waals surface area contributed by atoms with Crippen molar-refractivity contribution in [2.75, 3.05) is 6.54 Å². The van der Waals surface area contributed by atoms with E-state index in [2.05, 4.69) is 16.2 Å². The molecule has 0 aliphatic carbocycles. The van der Waals surface area contributed by atoms with Crippen LogP contribution in [0.4, 0.5) is 5.69 Å². The van der Waals surface area contributed by atoms with Gasteiger partial charge in [0.05, 0.1) is 11.5 Å². The van der Waals surface area contributed by atoms with E-state index < -0.39 is 29.2 Å². The van der Waals surface area contributed by atoms with Crippen molar-refractivity contribution in [1.29, 1.82) is 0 Å². The Kier molecular flexibility index (Phi) is 5.99. The second-order valence-corrected chi connectivity index (χ2v) is 5.36. The number of nitrogens with zero attached hydrogens (tertiary/aromatic N) is 1. The van der Waals surface area contributed by atoms with Crippen molar-refractivity contribution in [2.24, 2.45) is 0 Å². The highest BCUT2D eigenvalue weighted by Crippen LogP contribution is 2.12. The quantitative estimate of drug-likeness (QED) is 0.545. The van der Waals surface area contributed by atoms with Crippen LogP contribution >= 0.6 is 0 Å². The summed E-state index contributed by atoms with van der Waals surface area (Å²) in [5.41, 5.74) is 5.59. The normalized spacial score (nSPS) is 9.88. The van der Waals surface area contributed by atoms with Gasteiger partial charge in [-0.05, 0) is 25.1 Å². The number of aryl methyl sites for hydroxylation is 1. The fourth-order valence-corrected chi connectivity index (χ4v) is 1.97. The second-order valence-electron chi connectivity index (χ2n) is 5.36. The van der Waals surface area contributed by atoms with Gasteiger partial charge < -0.3 is 5.32 Å². The van der Waals surface area contributed by atoms with Crippen LogP contribution < -0.4 is 16.2 Å². The molecule has 0 spiro atoms. The summed E-state index contributed by atoms with van der Waals surface area (Å²) in [5, 5.41) is 13.0. The number of hydrogen-bond donors (Lipinski definition) is 3. The van der Waals surface area contributed by atoms with Crippen molar-refractivity contribution in [3.05, 3.63) is 75.3 Å². The molecule has 0 saturated carbocycles. The summed E-state index contributed by atoms with van der Waals surface area (Å²) >= 11 is 0. The van der Waals surface area contributed by atoms with Crippen LogP contribution in [0.5, 0.6) is 0 Å². The molecule has 0 atom stereocenters. The molecule has 9 nitrogen and oxygen atoms in total. The molecule has 2 rings (SSSR count). The number of amides is 3. The van der Waals surface area contributed by atoms with E-state index in [0.29, 0.717) is 5.56 Å². The van der Waals surface area contributed by atoms with Crippen molar-refractivity contribution < 1.29 is 19.3 Å². The Labute approximate surface area is 148 Å². The average molecular weight is 356 g/mol. The zero-order chi connectivity index (χ0) is 19.1.